The molecule has 3 aliphatic carbocycles. The minimum absolute atomic E-state index is 0.250. The summed E-state index contributed by atoms with van der Waals surface area (Å²) in [4.78, 5) is 0. The van der Waals surface area contributed by atoms with E-state index in [0.717, 1.165) is 5.92 Å². The molecule has 0 heterocycles. The highest BCUT2D eigenvalue weighted by molar-refractivity contribution is 5.22. The summed E-state index contributed by atoms with van der Waals surface area (Å²) in [5.41, 5.74) is 1.04. The molecule has 1 unspecified atom stereocenters. The molecule has 3 saturated carbocycles. The Morgan fingerprint density at radius 1 is 1.17 bits per heavy atom. The van der Waals surface area contributed by atoms with E-state index in [1.165, 1.54) is 32.1 Å². The van der Waals surface area contributed by atoms with Gasteiger partial charge >= 0.3 is 0 Å². The largest absolute Gasteiger partial charge is 0.396 e. The lowest BCUT2D eigenvalue weighted by molar-refractivity contribution is -0.0883. The standard InChI is InChI=1S/C16H28O2/c1-14(2)10-15(3)8-7-13(18-4)16(15)11(9-17)5-6-12(14)16/h11-13,17H,5-10H2,1-4H3/t11-,12-,13+,15-,16?/m1/s1. The second kappa shape index (κ2) is 3.73. The molecule has 0 amide bonds. The van der Waals surface area contributed by atoms with Crippen LogP contribution < -0.4 is 0 Å². The van der Waals surface area contributed by atoms with Crippen LogP contribution in [0.2, 0.25) is 0 Å². The number of rotatable bonds is 2. The molecule has 0 aliphatic heterocycles. The van der Waals surface area contributed by atoms with E-state index in [-0.39, 0.29) is 5.41 Å². The topological polar surface area (TPSA) is 29.5 Å². The van der Waals surface area contributed by atoms with Gasteiger partial charge in [0, 0.05) is 19.1 Å². The van der Waals surface area contributed by atoms with Crippen molar-refractivity contribution in [3.8, 4) is 0 Å². The first-order valence-electron chi connectivity index (χ1n) is 7.56. The van der Waals surface area contributed by atoms with Crippen LogP contribution in [0, 0.1) is 28.1 Å². The lowest BCUT2D eigenvalue weighted by atomic mass is 9.60. The zero-order valence-electron chi connectivity index (χ0n) is 12.3. The monoisotopic (exact) mass is 252 g/mol. The van der Waals surface area contributed by atoms with E-state index in [9.17, 15) is 5.11 Å². The van der Waals surface area contributed by atoms with Gasteiger partial charge in [-0.25, -0.2) is 0 Å². The van der Waals surface area contributed by atoms with Gasteiger partial charge in [-0.1, -0.05) is 20.8 Å². The maximum absolute atomic E-state index is 9.90. The number of aliphatic hydroxyl groups excluding tert-OH is 1. The van der Waals surface area contributed by atoms with E-state index < -0.39 is 0 Å². The summed E-state index contributed by atoms with van der Waals surface area (Å²) in [6, 6.07) is 0. The fourth-order valence-corrected chi connectivity index (χ4v) is 6.79. The summed E-state index contributed by atoms with van der Waals surface area (Å²) in [6.07, 6.45) is 6.63. The zero-order chi connectivity index (χ0) is 13.2. The first-order valence-corrected chi connectivity index (χ1v) is 7.56. The summed E-state index contributed by atoms with van der Waals surface area (Å²) in [7, 11) is 1.88. The summed E-state index contributed by atoms with van der Waals surface area (Å²) >= 11 is 0. The van der Waals surface area contributed by atoms with Crippen molar-refractivity contribution in [1.82, 2.24) is 0 Å². The van der Waals surface area contributed by atoms with Crippen molar-refractivity contribution in [2.75, 3.05) is 13.7 Å². The summed E-state index contributed by atoms with van der Waals surface area (Å²) in [5, 5.41) is 9.90. The number of hydrogen-bond acceptors (Lipinski definition) is 2. The Morgan fingerprint density at radius 2 is 1.89 bits per heavy atom. The van der Waals surface area contributed by atoms with E-state index in [0.29, 0.717) is 29.5 Å². The van der Waals surface area contributed by atoms with Crippen molar-refractivity contribution in [3.63, 3.8) is 0 Å². The van der Waals surface area contributed by atoms with Crippen LogP contribution in [-0.2, 0) is 4.74 Å². The Bertz CT molecular complexity index is 343. The molecule has 5 atom stereocenters. The molecule has 104 valence electrons. The van der Waals surface area contributed by atoms with Crippen molar-refractivity contribution in [2.45, 2.75) is 59.0 Å². The fourth-order valence-electron chi connectivity index (χ4n) is 6.79. The second-order valence-electron chi connectivity index (χ2n) is 7.93. The molecule has 3 fully saturated rings. The molecule has 0 aromatic heterocycles. The van der Waals surface area contributed by atoms with Gasteiger partial charge in [0.15, 0.2) is 0 Å². The van der Waals surface area contributed by atoms with Crippen molar-refractivity contribution >= 4 is 0 Å². The van der Waals surface area contributed by atoms with Gasteiger partial charge in [0.05, 0.1) is 6.10 Å². The van der Waals surface area contributed by atoms with E-state index >= 15 is 0 Å². The summed E-state index contributed by atoms with van der Waals surface area (Å²) < 4.78 is 5.91. The molecule has 1 N–H and O–H groups in total. The van der Waals surface area contributed by atoms with Crippen LogP contribution in [0.4, 0.5) is 0 Å². The van der Waals surface area contributed by atoms with Crippen molar-refractivity contribution in [3.05, 3.63) is 0 Å². The highest BCUT2D eigenvalue weighted by atomic mass is 16.5. The molecular weight excluding hydrogens is 224 g/mol. The lowest BCUT2D eigenvalue weighted by Gasteiger charge is -2.46. The first-order chi connectivity index (χ1) is 8.42. The number of hydrogen-bond donors (Lipinski definition) is 1. The maximum Gasteiger partial charge on any atom is 0.0639 e. The quantitative estimate of drug-likeness (QED) is 0.817. The average molecular weight is 252 g/mol. The number of aliphatic hydroxyl groups is 1. The third-order valence-electron chi connectivity index (χ3n) is 6.89. The normalized spacial score (nSPS) is 53.5. The van der Waals surface area contributed by atoms with Crippen LogP contribution in [0.3, 0.4) is 0 Å². The Hall–Kier alpha value is -0.0800. The minimum Gasteiger partial charge on any atom is -0.396 e. The molecule has 18 heavy (non-hydrogen) atoms. The van der Waals surface area contributed by atoms with Gasteiger partial charge in [0.25, 0.3) is 0 Å². The Morgan fingerprint density at radius 3 is 2.50 bits per heavy atom. The summed E-state index contributed by atoms with van der Waals surface area (Å²) in [6.45, 7) is 7.70. The van der Waals surface area contributed by atoms with Crippen molar-refractivity contribution < 1.29 is 9.84 Å². The van der Waals surface area contributed by atoms with Crippen LogP contribution in [0.5, 0.6) is 0 Å². The predicted molar refractivity (Wildman–Crippen MR) is 72.3 cm³/mol. The molecule has 3 rings (SSSR count). The zero-order valence-corrected chi connectivity index (χ0v) is 12.3. The molecule has 1 spiro atoms. The molecular formula is C16H28O2. The van der Waals surface area contributed by atoms with Crippen LogP contribution in [0.15, 0.2) is 0 Å². The minimum atomic E-state index is 0.250. The average Bonchev–Trinajstić information content (AvgIpc) is 2.85. The third kappa shape index (κ3) is 1.22. The van der Waals surface area contributed by atoms with Crippen LogP contribution in [0.25, 0.3) is 0 Å². The Balaban J connectivity index is 2.14. The highest BCUT2D eigenvalue weighted by Crippen LogP contribution is 2.77. The van der Waals surface area contributed by atoms with Crippen LogP contribution >= 0.6 is 0 Å². The van der Waals surface area contributed by atoms with Crippen molar-refractivity contribution in [2.24, 2.45) is 28.1 Å². The number of ether oxygens (including phenoxy) is 1. The molecule has 0 bridgehead atoms. The molecule has 3 aliphatic rings. The van der Waals surface area contributed by atoms with Crippen LogP contribution in [-0.4, -0.2) is 24.9 Å². The van der Waals surface area contributed by atoms with E-state index in [1.54, 1.807) is 0 Å². The molecule has 2 nitrogen and oxygen atoms in total. The van der Waals surface area contributed by atoms with Gasteiger partial charge in [-0.3, -0.25) is 0 Å². The second-order valence-corrected chi connectivity index (χ2v) is 7.93. The van der Waals surface area contributed by atoms with Gasteiger partial charge in [-0.15, -0.1) is 0 Å². The predicted octanol–water partition coefficient (Wildman–Crippen LogP) is 3.24. The van der Waals surface area contributed by atoms with Gasteiger partial charge in [-0.2, -0.15) is 0 Å². The fraction of sp³-hybridized carbons (Fsp3) is 1.00. The van der Waals surface area contributed by atoms with Gasteiger partial charge in [0.1, 0.15) is 0 Å². The maximum atomic E-state index is 9.90. The van der Waals surface area contributed by atoms with E-state index in [1.807, 2.05) is 7.11 Å². The highest BCUT2D eigenvalue weighted by Gasteiger charge is 2.74. The van der Waals surface area contributed by atoms with Gasteiger partial charge in [-0.05, 0) is 54.8 Å². The SMILES string of the molecule is CO[C@H]1CC[C@]2(C)CC(C)(C)[C@H]3CC[C@H](CO)C132. The molecule has 0 aromatic rings. The Kier molecular flexibility index (Phi) is 2.68. The smallest absolute Gasteiger partial charge is 0.0639 e. The van der Waals surface area contributed by atoms with Gasteiger partial charge < -0.3 is 9.84 Å². The number of methoxy groups -OCH3 is 1. The molecule has 0 aromatic carbocycles. The lowest BCUT2D eigenvalue weighted by Crippen LogP contribution is -2.47. The third-order valence-corrected chi connectivity index (χ3v) is 6.89. The van der Waals surface area contributed by atoms with Crippen molar-refractivity contribution in [1.29, 1.82) is 0 Å². The molecule has 2 heteroatoms. The van der Waals surface area contributed by atoms with Crippen LogP contribution in [0.1, 0.15) is 52.9 Å². The molecule has 0 saturated heterocycles. The first kappa shape index (κ1) is 12.9. The van der Waals surface area contributed by atoms with E-state index in [2.05, 4.69) is 20.8 Å². The van der Waals surface area contributed by atoms with Gasteiger partial charge in [0.2, 0.25) is 0 Å². The van der Waals surface area contributed by atoms with E-state index in [4.69, 9.17) is 4.74 Å². The molecule has 0 radical (unpaired) electrons. The Labute approximate surface area is 111 Å². The summed E-state index contributed by atoms with van der Waals surface area (Å²) in [5.74, 6) is 1.20.